The molecule has 13 N–H and O–H groups in total. The summed E-state index contributed by atoms with van der Waals surface area (Å²) in [6.07, 6.45) is 11.1. The van der Waals surface area contributed by atoms with E-state index < -0.39 is 33.5 Å². The van der Waals surface area contributed by atoms with Crippen LogP contribution in [0.1, 0.15) is 248 Å². The second kappa shape index (κ2) is 69.7. The van der Waals surface area contributed by atoms with E-state index in [1.807, 2.05) is 66.4 Å². The van der Waals surface area contributed by atoms with Crippen LogP contribution in [0.2, 0.25) is 0 Å². The molecule has 6 saturated heterocycles. The minimum absolute atomic E-state index is 0. The summed E-state index contributed by atoms with van der Waals surface area (Å²) >= 11 is 5.09. The first-order valence-corrected chi connectivity index (χ1v) is 44.2. The molecule has 728 valence electrons. The van der Waals surface area contributed by atoms with Crippen LogP contribution < -0.4 is 86.1 Å². The topological polar surface area (TPSA) is 594 Å². The van der Waals surface area contributed by atoms with Crippen molar-refractivity contribution in [3.63, 3.8) is 0 Å². The zero-order valence-corrected chi connectivity index (χ0v) is 80.4. The quantitative estimate of drug-likeness (QED) is 0.0176. The largest absolute Gasteiger partial charge is 1.00 e. The van der Waals surface area contributed by atoms with E-state index in [4.69, 9.17) is 87.5 Å². The van der Waals surface area contributed by atoms with Crippen LogP contribution in [0.25, 0.3) is 0 Å². The number of anilines is 4. The Morgan fingerprint density at radius 2 is 0.837 bits per heavy atom. The number of aromatic nitrogens is 4. The third-order valence-electron chi connectivity index (χ3n) is 19.8. The number of nitriles is 1. The van der Waals surface area contributed by atoms with Gasteiger partial charge >= 0.3 is 84.4 Å². The fourth-order valence-electron chi connectivity index (χ4n) is 11.4. The van der Waals surface area contributed by atoms with Gasteiger partial charge in [-0.1, -0.05) is 97.3 Å². The van der Waals surface area contributed by atoms with Crippen LogP contribution in [0.15, 0.2) is 54.4 Å². The van der Waals surface area contributed by atoms with E-state index in [-0.39, 0.29) is 123 Å². The Balaban J connectivity index is -0.000000712. The first kappa shape index (κ1) is 127. The first-order valence-electron chi connectivity index (χ1n) is 42.4. The molecule has 0 aliphatic carbocycles. The van der Waals surface area contributed by atoms with Crippen molar-refractivity contribution in [2.45, 2.75) is 237 Å². The van der Waals surface area contributed by atoms with E-state index in [9.17, 15) is 48.6 Å². The standard InChI is InChI=1S/C19H30N4O4.C18H30N4O4.C13H22N4O2.C10H20N2O2.C7H12N2O.C6H10O3.C5H9ClO.C3H3NO2.CH4.ClH.2Li.H3NO.H2O4S/c1-3-14(2)16-13-17(27-21-16)20-19(25)23-8-4-7-22(9-10-23)18(24)15-5-11-26-12-6-15;1-6-13(2)14-12-15(26-20-14)19-16(23)21-8-7-9-22(11-10-21)17(24)25-18(3,4)5;1-3-10(2)11-9-12(19-16-11)15-13(18)17-7-4-5-14-6-8-17;1-10(2,3)14-9(13)12-7-4-5-11-6-8-12;1-3-5(2)6-4-7(8)10-9-6;7-6(8)5-1-3-9-4-2-5;1-3-4(2)5(6)7;4-2-1-3(5)6;;;;;1-2;1-5(2,3)4/h13-15H,3-12H2,1-2H3,(H,20,25);12-13H,6-11H2,1-5H3,(H,19,23);9-10,14H,3-8H2,1-2H3,(H,15,18);11H,4-8H2,1-3H3;4-5H,3,8H2,1-2H3;5H,1-4H2,(H,7,8);4H,3H2,1-2H3;1,5-6H;1H4;1H;;;2H,1H2;(H2,1,2,3,4)/q;;;;;;;;;;2*+1;;/p-2. The van der Waals surface area contributed by atoms with Crippen LogP contribution in [-0.4, -0.2) is 268 Å². The third kappa shape index (κ3) is 57.0. The maximum Gasteiger partial charge on any atom is 1.00 e. The molecule has 10 heterocycles. The molecular weight excluding hydrogens is 1740 g/mol. The average molecular weight is 1880 g/mol. The van der Waals surface area contributed by atoms with Gasteiger partial charge in [0.1, 0.15) is 11.2 Å². The number of carbonyl (C=O) groups excluding carboxylic acids is 7. The molecule has 47 heteroatoms. The maximum atomic E-state index is 12.7. The molecule has 0 spiro atoms. The van der Waals surface area contributed by atoms with Crippen molar-refractivity contribution < 1.29 is 151 Å². The molecule has 4 aromatic rings. The molecular formula is C82H144Cl2Li2N18O24S. The van der Waals surface area contributed by atoms with Gasteiger partial charge in [0.25, 0.3) is 0 Å². The van der Waals surface area contributed by atoms with Crippen molar-refractivity contribution in [2.75, 3.05) is 153 Å². The number of nitrogen functional groups attached to an aromatic ring is 1. The molecule has 0 radical (unpaired) electrons. The molecule has 0 aromatic carbocycles. The van der Waals surface area contributed by atoms with Gasteiger partial charge in [-0.05, 0) is 156 Å². The van der Waals surface area contributed by atoms with Crippen molar-refractivity contribution in [3.8, 4) is 6.07 Å². The van der Waals surface area contributed by atoms with Gasteiger partial charge < -0.3 is 103 Å². The van der Waals surface area contributed by atoms with Gasteiger partial charge in [0.05, 0.1) is 34.8 Å². The molecule has 6 fully saturated rings. The minimum atomic E-state index is -4.67. The predicted octanol–water partition coefficient (Wildman–Crippen LogP) is 5.46. The third-order valence-corrected chi connectivity index (χ3v) is 20.1. The van der Waals surface area contributed by atoms with Crippen molar-refractivity contribution >= 4 is 105 Å². The van der Waals surface area contributed by atoms with E-state index in [1.54, 1.807) is 42.7 Å². The number of ether oxygens (including phenoxy) is 4. The van der Waals surface area contributed by atoms with Crippen LogP contribution in [0.3, 0.4) is 0 Å². The molecule has 5 unspecified atom stereocenters. The van der Waals surface area contributed by atoms with Gasteiger partial charge in [0.2, 0.25) is 34.7 Å². The van der Waals surface area contributed by atoms with Crippen molar-refractivity contribution in [3.05, 3.63) is 59.1 Å². The van der Waals surface area contributed by atoms with Gasteiger partial charge in [-0.15, -0.1) is 12.4 Å². The summed E-state index contributed by atoms with van der Waals surface area (Å²) in [5.74, 6) is 4.42. The summed E-state index contributed by atoms with van der Waals surface area (Å²) in [6.45, 7) is 45.3. The smallest absolute Gasteiger partial charge is 0.883 e. The number of halogens is 2. The van der Waals surface area contributed by atoms with E-state index in [2.05, 4.69) is 108 Å². The molecule has 42 nitrogen and oxygen atoms in total. The van der Waals surface area contributed by atoms with E-state index in [0.29, 0.717) is 145 Å². The van der Waals surface area contributed by atoms with Crippen LogP contribution in [-0.2, 0) is 43.7 Å². The summed E-state index contributed by atoms with van der Waals surface area (Å²) in [6, 6.07) is 7.83. The Morgan fingerprint density at radius 1 is 0.535 bits per heavy atom. The molecule has 6 aliphatic rings. The number of urea groups is 3. The SMILES string of the molecule is C.CC(C)(C)OC(=O)N1CCCNCC1.CCC(C)C(=O)Cl.CCC(C)c1cc(N)on1.CCC(C)c1cc(NC(=O)N2CCCN(C(=O)C3CCOCC3)CC2)on1.CCC(C)c1cc(NC(=O)N2CCCN(C(=O)OC(C)(C)C)CC2)on1.CCC(C)c1cc(NC(=O)N2CCCNCC2)on1.Cl.N#CC=C([O-])[O-].NO.O=C(O)C1CCOCC1.O=S(=O)(O)O.[Li+].[Li+]. The van der Waals surface area contributed by atoms with Gasteiger partial charge in [-0.25, -0.2) is 29.9 Å². The number of hydrogen-bond acceptors (Lipinski definition) is 30. The molecule has 0 bridgehead atoms. The maximum absolute atomic E-state index is 12.7. The number of aliphatic carboxylic acids is 1. The number of amides is 9. The number of carboxylic acid groups (broad SMARTS) is 1. The molecule has 10 rings (SSSR count). The normalized spacial score (nSPS) is 16.4. The van der Waals surface area contributed by atoms with Crippen LogP contribution >= 0.6 is 24.0 Å². The fourth-order valence-corrected chi connectivity index (χ4v) is 11.6. The van der Waals surface area contributed by atoms with Crippen LogP contribution in [0.5, 0.6) is 0 Å². The number of nitrogens with zero attached hydrogens (tertiary/aromatic N) is 11. The molecule has 4 aromatic heterocycles. The van der Waals surface area contributed by atoms with E-state index in [0.717, 1.165) is 139 Å². The van der Waals surface area contributed by atoms with Gasteiger partial charge in [0, 0.05) is 178 Å². The molecule has 0 saturated carbocycles. The van der Waals surface area contributed by atoms with Gasteiger partial charge in [0.15, 0.2) is 0 Å². The van der Waals surface area contributed by atoms with Gasteiger partial charge in [-0.2, -0.15) is 19.6 Å². The Labute approximate surface area is 795 Å². The number of hydrogen-bond donors (Lipinski definition) is 11. The number of nitrogens with one attached hydrogen (secondary N) is 5. The molecule has 6 aliphatic heterocycles. The van der Waals surface area contributed by atoms with E-state index >= 15 is 0 Å². The van der Waals surface area contributed by atoms with Crippen molar-refractivity contribution in [1.82, 2.24) is 60.7 Å². The summed E-state index contributed by atoms with van der Waals surface area (Å²) in [5, 5.41) is 71.3. The monoisotopic (exact) mass is 1880 g/mol. The zero-order valence-electron chi connectivity index (χ0n) is 78.0. The summed E-state index contributed by atoms with van der Waals surface area (Å²) in [5.41, 5.74) is 7.92. The Morgan fingerprint density at radius 3 is 1.14 bits per heavy atom. The number of rotatable bonds is 15. The first-order chi connectivity index (χ1) is 59.0. The number of nitrogens with two attached hydrogens (primary N) is 2. The number of carbonyl (C=O) groups is 8. The molecule has 5 atom stereocenters. The second-order valence-corrected chi connectivity index (χ2v) is 33.2. The summed E-state index contributed by atoms with van der Waals surface area (Å²) in [4.78, 5) is 105. The van der Waals surface area contributed by atoms with Crippen LogP contribution in [0, 0.1) is 29.1 Å². The molecule has 129 heavy (non-hydrogen) atoms. The zero-order chi connectivity index (χ0) is 94.4. The Kier molecular flexibility index (Phi) is 68.7. The fraction of sp³-hybridized carbons (Fsp3) is 0.720. The van der Waals surface area contributed by atoms with Crippen molar-refractivity contribution in [1.29, 1.82) is 5.26 Å². The summed E-state index contributed by atoms with van der Waals surface area (Å²) < 4.78 is 72.9. The predicted molar refractivity (Wildman–Crippen MR) is 476 cm³/mol. The summed E-state index contributed by atoms with van der Waals surface area (Å²) in [7, 11) is -4.67. The van der Waals surface area contributed by atoms with Crippen molar-refractivity contribution in [2.24, 2.45) is 23.7 Å². The number of carboxylic acids is 1. The van der Waals surface area contributed by atoms with E-state index in [1.165, 1.54) is 6.07 Å². The Hall–Kier alpha value is -8.17. The molecule has 9 amide bonds. The second-order valence-electron chi connectivity index (χ2n) is 31.9. The number of allylic oxidation sites excluding steroid dienone is 1. The average Bonchev–Trinajstić information content (AvgIpc) is 1.78. The Bertz CT molecular complexity index is 3920. The minimum Gasteiger partial charge on any atom is -0.883 e. The van der Waals surface area contributed by atoms with Crippen LogP contribution in [0.4, 0.5) is 47.5 Å². The van der Waals surface area contributed by atoms with Gasteiger partial charge in [-0.3, -0.25) is 39.4 Å².